The highest BCUT2D eigenvalue weighted by atomic mass is 32.2. The van der Waals surface area contributed by atoms with Crippen molar-refractivity contribution in [3.05, 3.63) is 18.2 Å². The monoisotopic (exact) mass is 246 g/mol. The van der Waals surface area contributed by atoms with Crippen molar-refractivity contribution in [2.45, 2.75) is 11.3 Å². The maximum atomic E-state index is 11.0. The topological polar surface area (TPSA) is 116 Å². The number of aliphatic hydroxyl groups excluding tert-OH is 1. The van der Waals surface area contributed by atoms with Crippen LogP contribution >= 0.6 is 0 Å². The Hall–Kier alpha value is -1.31. The Morgan fingerprint density at radius 3 is 2.56 bits per heavy atom. The largest absolute Gasteiger partial charge is 0.493 e. The van der Waals surface area contributed by atoms with Crippen molar-refractivity contribution < 1.29 is 18.3 Å². The molecular formula is C9H14N2O4S. The quantitative estimate of drug-likeness (QED) is 0.486. The summed E-state index contributed by atoms with van der Waals surface area (Å²) in [5, 5.41) is 13.5. The third-order valence-corrected chi connectivity index (χ3v) is 2.84. The molecule has 0 aliphatic heterocycles. The summed E-state index contributed by atoms with van der Waals surface area (Å²) in [7, 11) is -3.80. The molecule has 0 heterocycles. The van der Waals surface area contributed by atoms with Crippen molar-refractivity contribution in [2.75, 3.05) is 18.9 Å². The van der Waals surface area contributed by atoms with Gasteiger partial charge in [-0.3, -0.25) is 0 Å². The van der Waals surface area contributed by atoms with Crippen LogP contribution in [0.15, 0.2) is 23.1 Å². The Balaban J connectivity index is 2.83. The average molecular weight is 246 g/mol. The third kappa shape index (κ3) is 3.37. The van der Waals surface area contributed by atoms with Gasteiger partial charge in [0.05, 0.1) is 12.3 Å². The van der Waals surface area contributed by atoms with E-state index in [9.17, 15) is 8.42 Å². The van der Waals surface area contributed by atoms with Gasteiger partial charge in [-0.15, -0.1) is 0 Å². The summed E-state index contributed by atoms with van der Waals surface area (Å²) in [5.74, 6) is 0.443. The molecule has 0 amide bonds. The Morgan fingerprint density at radius 2 is 2.06 bits per heavy atom. The van der Waals surface area contributed by atoms with Gasteiger partial charge in [-0.25, -0.2) is 13.6 Å². The van der Waals surface area contributed by atoms with Crippen LogP contribution < -0.4 is 15.6 Å². The lowest BCUT2D eigenvalue weighted by Gasteiger charge is -2.08. The minimum Gasteiger partial charge on any atom is -0.493 e. The fourth-order valence-corrected chi connectivity index (χ4v) is 1.78. The molecule has 7 heteroatoms. The van der Waals surface area contributed by atoms with E-state index in [1.165, 1.54) is 18.2 Å². The van der Waals surface area contributed by atoms with Gasteiger partial charge >= 0.3 is 0 Å². The summed E-state index contributed by atoms with van der Waals surface area (Å²) in [5.41, 5.74) is 5.57. The molecule has 16 heavy (non-hydrogen) atoms. The van der Waals surface area contributed by atoms with Crippen molar-refractivity contribution in [1.29, 1.82) is 0 Å². The van der Waals surface area contributed by atoms with Gasteiger partial charge in [0.2, 0.25) is 10.0 Å². The van der Waals surface area contributed by atoms with Crippen LogP contribution in [-0.4, -0.2) is 26.7 Å². The lowest BCUT2D eigenvalue weighted by Crippen LogP contribution is -2.14. The molecule has 1 aromatic carbocycles. The number of primary sulfonamides is 1. The van der Waals surface area contributed by atoms with Gasteiger partial charge in [0.1, 0.15) is 10.6 Å². The van der Waals surface area contributed by atoms with E-state index in [-0.39, 0.29) is 17.2 Å². The SMILES string of the molecule is Nc1cc(OCCCO)ccc1S(N)(=O)=O. The maximum absolute atomic E-state index is 11.0. The van der Waals surface area contributed by atoms with E-state index in [1.54, 1.807) is 0 Å². The van der Waals surface area contributed by atoms with Gasteiger partial charge in [0.15, 0.2) is 0 Å². The van der Waals surface area contributed by atoms with Crippen molar-refractivity contribution in [3.8, 4) is 5.75 Å². The number of hydrogen-bond donors (Lipinski definition) is 3. The first-order chi connectivity index (χ1) is 7.45. The van der Waals surface area contributed by atoms with Crippen LogP contribution in [0.25, 0.3) is 0 Å². The zero-order valence-corrected chi connectivity index (χ0v) is 9.40. The first-order valence-corrected chi connectivity index (χ1v) is 6.16. The predicted molar refractivity (Wildman–Crippen MR) is 59.4 cm³/mol. The van der Waals surface area contributed by atoms with Crippen LogP contribution in [0.3, 0.4) is 0 Å². The van der Waals surface area contributed by atoms with Gasteiger partial charge in [-0.05, 0) is 12.1 Å². The molecular weight excluding hydrogens is 232 g/mol. The summed E-state index contributed by atoms with van der Waals surface area (Å²) in [6, 6.07) is 4.14. The number of nitrogens with two attached hydrogens (primary N) is 2. The molecule has 0 radical (unpaired) electrons. The number of aliphatic hydroxyl groups is 1. The van der Waals surface area contributed by atoms with Crippen molar-refractivity contribution in [3.63, 3.8) is 0 Å². The zero-order valence-electron chi connectivity index (χ0n) is 8.59. The fraction of sp³-hybridized carbons (Fsp3) is 0.333. The fourth-order valence-electron chi connectivity index (χ4n) is 1.13. The summed E-state index contributed by atoms with van der Waals surface area (Å²) in [6.45, 7) is 0.370. The summed E-state index contributed by atoms with van der Waals surface area (Å²) in [6.07, 6.45) is 0.497. The predicted octanol–water partition coefficient (Wildman–Crippen LogP) is -0.323. The van der Waals surface area contributed by atoms with Gasteiger partial charge < -0.3 is 15.6 Å². The second kappa shape index (κ2) is 5.15. The van der Waals surface area contributed by atoms with Crippen LogP contribution in [0.4, 0.5) is 5.69 Å². The highest BCUT2D eigenvalue weighted by Crippen LogP contribution is 2.22. The Morgan fingerprint density at radius 1 is 1.38 bits per heavy atom. The van der Waals surface area contributed by atoms with E-state index in [0.717, 1.165) is 0 Å². The molecule has 0 aliphatic carbocycles. The highest BCUT2D eigenvalue weighted by molar-refractivity contribution is 7.89. The Labute approximate surface area is 93.9 Å². The molecule has 6 nitrogen and oxygen atoms in total. The number of rotatable bonds is 5. The summed E-state index contributed by atoms with van der Waals surface area (Å²) < 4.78 is 27.3. The van der Waals surface area contributed by atoms with Gasteiger partial charge in [0.25, 0.3) is 0 Å². The van der Waals surface area contributed by atoms with Crippen molar-refractivity contribution >= 4 is 15.7 Å². The van der Waals surface area contributed by atoms with Crippen LogP contribution in [0.2, 0.25) is 0 Å². The molecule has 0 saturated heterocycles. The summed E-state index contributed by atoms with van der Waals surface area (Å²) >= 11 is 0. The third-order valence-electron chi connectivity index (χ3n) is 1.86. The number of sulfonamides is 1. The molecule has 0 spiro atoms. The molecule has 0 aliphatic rings. The molecule has 1 rings (SSSR count). The molecule has 0 atom stereocenters. The van der Waals surface area contributed by atoms with Gasteiger partial charge in [-0.2, -0.15) is 0 Å². The molecule has 0 saturated carbocycles. The Kier molecular flexibility index (Phi) is 4.11. The molecule has 90 valence electrons. The number of nitrogen functional groups attached to an aromatic ring is 1. The van der Waals surface area contributed by atoms with E-state index < -0.39 is 10.0 Å². The number of hydrogen-bond acceptors (Lipinski definition) is 5. The minimum absolute atomic E-state index is 0.0325. The van der Waals surface area contributed by atoms with E-state index in [2.05, 4.69) is 0 Å². The molecule has 0 unspecified atom stereocenters. The van der Waals surface area contributed by atoms with Gasteiger partial charge in [0, 0.05) is 19.1 Å². The number of anilines is 1. The van der Waals surface area contributed by atoms with Crippen LogP contribution in [0.5, 0.6) is 5.75 Å². The van der Waals surface area contributed by atoms with Crippen LogP contribution in [0, 0.1) is 0 Å². The van der Waals surface area contributed by atoms with E-state index >= 15 is 0 Å². The van der Waals surface area contributed by atoms with Crippen LogP contribution in [-0.2, 0) is 10.0 Å². The van der Waals surface area contributed by atoms with Crippen molar-refractivity contribution in [2.24, 2.45) is 5.14 Å². The van der Waals surface area contributed by atoms with Gasteiger partial charge in [-0.1, -0.05) is 0 Å². The lowest BCUT2D eigenvalue weighted by atomic mass is 10.3. The highest BCUT2D eigenvalue weighted by Gasteiger charge is 2.12. The second-order valence-electron chi connectivity index (χ2n) is 3.17. The number of benzene rings is 1. The average Bonchev–Trinajstić information content (AvgIpc) is 2.16. The van der Waals surface area contributed by atoms with E-state index in [4.69, 9.17) is 20.7 Å². The molecule has 0 aromatic heterocycles. The zero-order chi connectivity index (χ0) is 12.2. The molecule has 1 aromatic rings. The van der Waals surface area contributed by atoms with Crippen molar-refractivity contribution in [1.82, 2.24) is 0 Å². The summed E-state index contributed by atoms with van der Waals surface area (Å²) in [4.78, 5) is -0.123. The normalized spacial score (nSPS) is 11.4. The Bertz CT molecular complexity index is 459. The lowest BCUT2D eigenvalue weighted by molar-refractivity contribution is 0.233. The smallest absolute Gasteiger partial charge is 0.240 e. The first kappa shape index (κ1) is 12.8. The number of ether oxygens (including phenoxy) is 1. The molecule has 0 bridgehead atoms. The maximum Gasteiger partial charge on any atom is 0.240 e. The molecule has 5 N–H and O–H groups in total. The standard InChI is InChI=1S/C9H14N2O4S/c10-8-6-7(15-5-1-4-12)2-3-9(8)16(11,13)14/h2-3,6,12H,1,4-5,10H2,(H2,11,13,14). The minimum atomic E-state index is -3.80. The van der Waals surface area contributed by atoms with Crippen LogP contribution in [0.1, 0.15) is 6.42 Å². The van der Waals surface area contributed by atoms with E-state index in [0.29, 0.717) is 18.8 Å². The molecule has 0 fully saturated rings. The second-order valence-corrected chi connectivity index (χ2v) is 4.70. The first-order valence-electron chi connectivity index (χ1n) is 4.61. The van der Waals surface area contributed by atoms with E-state index in [1.807, 2.05) is 0 Å².